The van der Waals surface area contributed by atoms with Crippen LogP contribution in [0.4, 0.5) is 0 Å². The number of nitrogens with one attached hydrogen (secondary N) is 1. The van der Waals surface area contributed by atoms with Gasteiger partial charge in [0.2, 0.25) is 0 Å². The molecule has 0 aromatic heterocycles. The Bertz CT molecular complexity index is 458. The Morgan fingerprint density at radius 3 is 2.67 bits per heavy atom. The highest BCUT2D eigenvalue weighted by Gasteiger charge is 2.44. The van der Waals surface area contributed by atoms with Crippen LogP contribution in [-0.4, -0.2) is 26.8 Å². The van der Waals surface area contributed by atoms with Crippen LogP contribution in [-0.2, 0) is 10.2 Å². The molecule has 4 heteroatoms. The van der Waals surface area contributed by atoms with Gasteiger partial charge < -0.3 is 10.1 Å². The Morgan fingerprint density at radius 2 is 2.05 bits per heavy atom. The minimum Gasteiger partial charge on any atom is -0.383 e. The summed E-state index contributed by atoms with van der Waals surface area (Å²) in [5.74, 6) is 0.841. The van der Waals surface area contributed by atoms with E-state index in [4.69, 9.17) is 27.9 Å². The Kier molecular flexibility index (Phi) is 6.36. The van der Waals surface area contributed by atoms with Crippen molar-refractivity contribution in [3.63, 3.8) is 0 Å². The van der Waals surface area contributed by atoms with Crippen molar-refractivity contribution in [3.05, 3.63) is 33.8 Å². The zero-order valence-corrected chi connectivity index (χ0v) is 14.4. The van der Waals surface area contributed by atoms with Crippen molar-refractivity contribution in [2.45, 2.75) is 38.0 Å². The van der Waals surface area contributed by atoms with Crippen molar-refractivity contribution in [1.29, 1.82) is 0 Å². The van der Waals surface area contributed by atoms with Gasteiger partial charge in [0.25, 0.3) is 0 Å². The number of benzene rings is 1. The first-order valence-electron chi connectivity index (χ1n) is 7.76. The van der Waals surface area contributed by atoms with Crippen LogP contribution in [0.15, 0.2) is 18.2 Å². The van der Waals surface area contributed by atoms with E-state index in [0.717, 1.165) is 25.6 Å². The molecule has 0 unspecified atom stereocenters. The highest BCUT2D eigenvalue weighted by Crippen LogP contribution is 2.50. The van der Waals surface area contributed by atoms with Crippen molar-refractivity contribution in [3.8, 4) is 0 Å². The summed E-state index contributed by atoms with van der Waals surface area (Å²) >= 11 is 12.3. The lowest BCUT2D eigenvalue weighted by Crippen LogP contribution is -2.49. The van der Waals surface area contributed by atoms with Crippen molar-refractivity contribution in [1.82, 2.24) is 5.32 Å². The molecule has 1 aliphatic rings. The number of rotatable bonds is 8. The second kappa shape index (κ2) is 7.82. The summed E-state index contributed by atoms with van der Waals surface area (Å²) in [4.78, 5) is 0. The maximum atomic E-state index is 6.21. The minimum absolute atomic E-state index is 0.210. The summed E-state index contributed by atoms with van der Waals surface area (Å²) in [5.41, 5.74) is 1.52. The van der Waals surface area contributed by atoms with Crippen molar-refractivity contribution < 1.29 is 4.74 Å². The van der Waals surface area contributed by atoms with Gasteiger partial charge in [0.05, 0.1) is 16.7 Å². The van der Waals surface area contributed by atoms with E-state index < -0.39 is 0 Å². The highest BCUT2D eigenvalue weighted by molar-refractivity contribution is 6.42. The minimum atomic E-state index is 0.210. The van der Waals surface area contributed by atoms with E-state index >= 15 is 0 Å². The SMILES string of the molecule is CCCC1CC(CNCCOC)(c2ccc(Cl)c(Cl)c2)C1. The van der Waals surface area contributed by atoms with Crippen LogP contribution < -0.4 is 5.32 Å². The normalized spacial score (nSPS) is 24.9. The first kappa shape index (κ1) is 17.1. The molecule has 2 rings (SSSR count). The molecule has 0 bridgehead atoms. The predicted molar refractivity (Wildman–Crippen MR) is 90.5 cm³/mol. The third kappa shape index (κ3) is 4.13. The van der Waals surface area contributed by atoms with E-state index in [2.05, 4.69) is 18.3 Å². The summed E-state index contributed by atoms with van der Waals surface area (Å²) in [5, 5.41) is 4.81. The molecule has 1 aliphatic carbocycles. The molecule has 21 heavy (non-hydrogen) atoms. The monoisotopic (exact) mass is 329 g/mol. The molecule has 0 heterocycles. The molecule has 0 radical (unpaired) electrons. The van der Waals surface area contributed by atoms with Crippen LogP contribution in [0.1, 0.15) is 38.2 Å². The van der Waals surface area contributed by atoms with Crippen LogP contribution in [0, 0.1) is 5.92 Å². The molecule has 0 amide bonds. The quantitative estimate of drug-likeness (QED) is 0.699. The predicted octanol–water partition coefficient (Wildman–Crippen LogP) is 4.68. The first-order valence-corrected chi connectivity index (χ1v) is 8.52. The Hall–Kier alpha value is -0.280. The van der Waals surface area contributed by atoms with Crippen LogP contribution in [0.2, 0.25) is 10.0 Å². The van der Waals surface area contributed by atoms with E-state index in [0.29, 0.717) is 10.0 Å². The average Bonchev–Trinajstić information content (AvgIpc) is 2.43. The molecule has 1 N–H and O–H groups in total. The average molecular weight is 330 g/mol. The lowest BCUT2D eigenvalue weighted by molar-refractivity contribution is 0.123. The molecular weight excluding hydrogens is 305 g/mol. The molecular formula is C17H25Cl2NO. The van der Waals surface area contributed by atoms with E-state index in [1.807, 2.05) is 12.1 Å². The van der Waals surface area contributed by atoms with Gasteiger partial charge in [-0.2, -0.15) is 0 Å². The van der Waals surface area contributed by atoms with Gasteiger partial charge >= 0.3 is 0 Å². The number of halogens is 2. The standard InChI is InChI=1S/C17H25Cl2NO/c1-3-4-13-10-17(11-13,12-20-7-8-21-2)14-5-6-15(18)16(19)9-14/h5-6,9,13,20H,3-4,7-8,10-12H2,1-2H3. The van der Waals surface area contributed by atoms with E-state index in [1.54, 1.807) is 7.11 Å². The van der Waals surface area contributed by atoms with Crippen molar-refractivity contribution in [2.75, 3.05) is 26.8 Å². The largest absolute Gasteiger partial charge is 0.383 e. The third-order valence-electron chi connectivity index (χ3n) is 4.53. The second-order valence-corrected chi connectivity index (χ2v) is 6.96. The van der Waals surface area contributed by atoms with Crippen LogP contribution in [0.5, 0.6) is 0 Å². The van der Waals surface area contributed by atoms with Gasteiger partial charge in [-0.3, -0.25) is 0 Å². The molecule has 1 fully saturated rings. The van der Waals surface area contributed by atoms with E-state index in [9.17, 15) is 0 Å². The molecule has 0 saturated heterocycles. The maximum absolute atomic E-state index is 6.21. The molecule has 0 spiro atoms. The Balaban J connectivity index is 2.07. The van der Waals surface area contributed by atoms with E-state index in [-0.39, 0.29) is 5.41 Å². The summed E-state index contributed by atoms with van der Waals surface area (Å²) in [7, 11) is 1.73. The van der Waals surface area contributed by atoms with Gasteiger partial charge in [-0.15, -0.1) is 0 Å². The fourth-order valence-electron chi connectivity index (χ4n) is 3.47. The molecule has 1 aromatic rings. The zero-order valence-electron chi connectivity index (χ0n) is 12.9. The summed E-state index contributed by atoms with van der Waals surface area (Å²) in [6, 6.07) is 6.10. The maximum Gasteiger partial charge on any atom is 0.0595 e. The summed E-state index contributed by atoms with van der Waals surface area (Å²) < 4.78 is 5.11. The Morgan fingerprint density at radius 1 is 1.29 bits per heavy atom. The van der Waals surface area contributed by atoms with Gasteiger partial charge in [-0.05, 0) is 36.5 Å². The van der Waals surface area contributed by atoms with Crippen LogP contribution in [0.25, 0.3) is 0 Å². The number of methoxy groups -OCH3 is 1. The van der Waals surface area contributed by atoms with Crippen molar-refractivity contribution >= 4 is 23.2 Å². The van der Waals surface area contributed by atoms with E-state index in [1.165, 1.54) is 31.2 Å². The number of hydrogen-bond donors (Lipinski definition) is 1. The molecule has 0 aliphatic heterocycles. The topological polar surface area (TPSA) is 21.3 Å². The molecule has 1 aromatic carbocycles. The van der Waals surface area contributed by atoms with Gasteiger partial charge in [0.1, 0.15) is 0 Å². The lowest BCUT2D eigenvalue weighted by atomic mass is 9.57. The molecule has 0 atom stereocenters. The van der Waals surface area contributed by atoms with Crippen LogP contribution in [0.3, 0.4) is 0 Å². The lowest BCUT2D eigenvalue weighted by Gasteiger charge is -2.49. The number of hydrogen-bond acceptors (Lipinski definition) is 2. The fourth-order valence-corrected chi connectivity index (χ4v) is 3.77. The van der Waals surface area contributed by atoms with Gasteiger partial charge in [-0.25, -0.2) is 0 Å². The van der Waals surface area contributed by atoms with Crippen LogP contribution >= 0.6 is 23.2 Å². The smallest absolute Gasteiger partial charge is 0.0595 e. The molecule has 1 saturated carbocycles. The highest BCUT2D eigenvalue weighted by atomic mass is 35.5. The molecule has 2 nitrogen and oxygen atoms in total. The summed E-state index contributed by atoms with van der Waals surface area (Å²) in [6.07, 6.45) is 5.05. The molecule has 118 valence electrons. The third-order valence-corrected chi connectivity index (χ3v) is 5.27. The van der Waals surface area contributed by atoms with Gasteiger partial charge in [0, 0.05) is 25.6 Å². The second-order valence-electron chi connectivity index (χ2n) is 6.14. The summed E-state index contributed by atoms with van der Waals surface area (Å²) in [6.45, 7) is 4.87. The Labute approximate surface area is 138 Å². The number of ether oxygens (including phenoxy) is 1. The zero-order chi connectivity index (χ0) is 15.3. The van der Waals surface area contributed by atoms with Gasteiger partial charge in [-0.1, -0.05) is 49.0 Å². The first-order chi connectivity index (χ1) is 10.1. The van der Waals surface area contributed by atoms with Crippen molar-refractivity contribution in [2.24, 2.45) is 5.92 Å². The van der Waals surface area contributed by atoms with Gasteiger partial charge in [0.15, 0.2) is 0 Å². The fraction of sp³-hybridized carbons (Fsp3) is 0.647.